The fourth-order valence-electron chi connectivity index (χ4n) is 5.90. The Bertz CT molecular complexity index is 1180. The van der Waals surface area contributed by atoms with Gasteiger partial charge in [-0.25, -0.2) is 14.4 Å². The molecule has 1 aromatic carbocycles. The van der Waals surface area contributed by atoms with Crippen LogP contribution < -0.4 is 4.90 Å². The molecule has 2 unspecified atom stereocenters. The molecule has 6 nitrogen and oxygen atoms in total. The van der Waals surface area contributed by atoms with E-state index in [4.69, 9.17) is 14.1 Å². The molecule has 10 heteroatoms. The molecular weight excluding hydrogens is 571 g/mol. The maximum Gasteiger partial charge on any atom is 0.192 e. The van der Waals surface area contributed by atoms with E-state index in [0.29, 0.717) is 40.4 Å². The second kappa shape index (κ2) is 10.3. The summed E-state index contributed by atoms with van der Waals surface area (Å²) >= 11 is 5.05. The number of hydrogen-bond acceptors (Lipinski definition) is 7. The van der Waals surface area contributed by atoms with Gasteiger partial charge in [-0.2, -0.15) is 0 Å². The van der Waals surface area contributed by atoms with E-state index in [1.807, 2.05) is 0 Å². The Morgan fingerprint density at radius 3 is 2.43 bits per heavy atom. The number of thioether (sulfide) groups is 1. The third kappa shape index (κ3) is 5.11. The minimum atomic E-state index is -1.81. The average Bonchev–Trinajstić information content (AvgIpc) is 3.39. The van der Waals surface area contributed by atoms with E-state index in [0.717, 1.165) is 60.6 Å². The second-order valence-corrected chi connectivity index (χ2v) is 19.0. The normalized spacial score (nSPS) is 23.2. The van der Waals surface area contributed by atoms with Gasteiger partial charge in [0.25, 0.3) is 0 Å². The molecule has 2 saturated heterocycles. The van der Waals surface area contributed by atoms with Crippen molar-refractivity contribution in [3.8, 4) is 0 Å². The van der Waals surface area contributed by atoms with Crippen LogP contribution in [0.4, 0.5) is 10.2 Å². The second-order valence-electron chi connectivity index (χ2n) is 12.3. The lowest BCUT2D eigenvalue weighted by atomic mass is 10.0. The minimum Gasteiger partial charge on any atom is -0.413 e. The van der Waals surface area contributed by atoms with Crippen molar-refractivity contribution in [2.45, 2.75) is 102 Å². The molecule has 2 aromatic rings. The summed E-state index contributed by atoms with van der Waals surface area (Å²) in [5, 5.41) is 1.69. The maximum atomic E-state index is 15.6. The van der Waals surface area contributed by atoms with Crippen molar-refractivity contribution in [3.63, 3.8) is 0 Å². The minimum absolute atomic E-state index is 0.200. The Hall–Kier alpha value is -0.783. The molecule has 3 aliphatic rings. The molecule has 0 radical (unpaired) electrons. The van der Waals surface area contributed by atoms with Gasteiger partial charge in [0.1, 0.15) is 11.3 Å². The lowest BCUT2D eigenvalue weighted by Crippen LogP contribution is -2.56. The zero-order chi connectivity index (χ0) is 26.7. The monoisotopic (exact) mass is 610 g/mol. The van der Waals surface area contributed by atoms with Crippen molar-refractivity contribution >= 4 is 52.7 Å². The number of fused-ring (bicyclic) bond motifs is 5. The van der Waals surface area contributed by atoms with Crippen molar-refractivity contribution in [3.05, 3.63) is 21.4 Å². The summed E-state index contributed by atoms with van der Waals surface area (Å²) in [5.41, 5.74) is 2.34. The van der Waals surface area contributed by atoms with Crippen molar-refractivity contribution in [1.29, 1.82) is 0 Å². The molecule has 5 rings (SSSR count). The summed E-state index contributed by atoms with van der Waals surface area (Å²) in [6.07, 6.45) is 2.45. The Morgan fingerprint density at radius 1 is 1.16 bits per heavy atom. The predicted molar refractivity (Wildman–Crippen MR) is 156 cm³/mol. The molecule has 204 valence electrons. The van der Waals surface area contributed by atoms with Gasteiger partial charge >= 0.3 is 0 Å². The number of ether oxygens (including phenoxy) is 1. The smallest absolute Gasteiger partial charge is 0.192 e. The van der Waals surface area contributed by atoms with E-state index in [1.165, 1.54) is 0 Å². The van der Waals surface area contributed by atoms with Crippen LogP contribution >= 0.6 is 27.7 Å². The lowest BCUT2D eigenvalue weighted by molar-refractivity contribution is 0.117. The van der Waals surface area contributed by atoms with E-state index in [9.17, 15) is 0 Å². The van der Waals surface area contributed by atoms with E-state index in [2.05, 4.69) is 78.4 Å². The number of halogens is 2. The molecule has 3 atom stereocenters. The van der Waals surface area contributed by atoms with Crippen LogP contribution in [-0.4, -0.2) is 66.8 Å². The highest BCUT2D eigenvalue weighted by atomic mass is 79.9. The van der Waals surface area contributed by atoms with Crippen molar-refractivity contribution in [1.82, 2.24) is 14.9 Å². The zero-order valence-electron chi connectivity index (χ0n) is 23.2. The number of nitrogens with zero attached hydrogens (tertiary/aromatic N) is 4. The summed E-state index contributed by atoms with van der Waals surface area (Å²) < 4.78 is 28.6. The Kier molecular flexibility index (Phi) is 7.74. The number of hydrogen-bond donors (Lipinski definition) is 0. The summed E-state index contributed by atoms with van der Waals surface area (Å²) in [5.74, 6) is 1.43. The quantitative estimate of drug-likeness (QED) is 0.195. The zero-order valence-corrected chi connectivity index (χ0v) is 26.6. The predicted octanol–water partition coefficient (Wildman–Crippen LogP) is 6.74. The van der Waals surface area contributed by atoms with Crippen LogP contribution in [0.1, 0.15) is 58.6 Å². The fourth-order valence-corrected chi connectivity index (χ4v) is 8.44. The van der Waals surface area contributed by atoms with Gasteiger partial charge < -0.3 is 14.1 Å². The molecule has 2 fully saturated rings. The average molecular weight is 612 g/mol. The number of benzene rings is 1. The standard InChI is InChI=1S/C27H40BrFN4O2SSi/c1-8-36-26-30-24-21(19-14-34-15-20(19)22(28)23(24)29)25(31-26)33-17-9-10-18(33)13-32(12-17)11-16(2)35-37(6,7)27(3,4)5/h16-18H,8-15H2,1-7H3/t16-,17?,18?/m1/s1. The summed E-state index contributed by atoms with van der Waals surface area (Å²) in [7, 11) is -1.81. The van der Waals surface area contributed by atoms with Gasteiger partial charge in [-0.1, -0.05) is 39.5 Å². The number of aromatic nitrogens is 2. The molecule has 0 saturated carbocycles. The van der Waals surface area contributed by atoms with E-state index >= 15 is 4.39 Å². The molecule has 2 bridgehead atoms. The molecular formula is C27H40BrFN4O2SSi. The first-order chi connectivity index (χ1) is 17.4. The van der Waals surface area contributed by atoms with Gasteiger partial charge in [-0.3, -0.25) is 4.90 Å². The third-order valence-electron chi connectivity index (χ3n) is 8.59. The van der Waals surface area contributed by atoms with Crippen LogP contribution in [0.15, 0.2) is 9.63 Å². The van der Waals surface area contributed by atoms with E-state index < -0.39 is 8.32 Å². The molecule has 1 aromatic heterocycles. The highest BCUT2D eigenvalue weighted by molar-refractivity contribution is 9.10. The topological polar surface area (TPSA) is 50.7 Å². The number of rotatable bonds is 7. The molecule has 0 aliphatic carbocycles. The SMILES string of the molecule is CCSc1nc(N2C3CCC2CN(C[C@@H](C)O[Si](C)(C)C(C)(C)C)C3)c2c3c(c(Br)c(F)c2n1)COC3. The Morgan fingerprint density at radius 2 is 1.81 bits per heavy atom. The summed E-state index contributed by atoms with van der Waals surface area (Å²) in [6, 6.07) is 0.696. The van der Waals surface area contributed by atoms with Gasteiger partial charge in [0.05, 0.1) is 29.2 Å². The highest BCUT2D eigenvalue weighted by Gasteiger charge is 2.44. The first-order valence-corrected chi connectivity index (χ1v) is 18.2. The van der Waals surface area contributed by atoms with Crippen LogP contribution in [0.3, 0.4) is 0 Å². The Labute approximate surface area is 234 Å². The largest absolute Gasteiger partial charge is 0.413 e. The maximum absolute atomic E-state index is 15.6. The van der Waals surface area contributed by atoms with Gasteiger partial charge in [0, 0.05) is 37.3 Å². The molecule has 37 heavy (non-hydrogen) atoms. The van der Waals surface area contributed by atoms with Crippen LogP contribution in [0, 0.1) is 5.82 Å². The van der Waals surface area contributed by atoms with Crippen LogP contribution in [-0.2, 0) is 22.4 Å². The van der Waals surface area contributed by atoms with Crippen LogP contribution in [0.5, 0.6) is 0 Å². The summed E-state index contributed by atoms with van der Waals surface area (Å²) in [6.45, 7) is 19.6. The fraction of sp³-hybridized carbons (Fsp3) is 0.704. The number of likely N-dealkylation sites (tertiary alicyclic amines) is 1. The van der Waals surface area contributed by atoms with Crippen LogP contribution in [0.25, 0.3) is 10.9 Å². The van der Waals surface area contributed by atoms with E-state index in [1.54, 1.807) is 11.8 Å². The molecule has 0 N–H and O–H groups in total. The third-order valence-corrected chi connectivity index (χ3v) is 14.7. The van der Waals surface area contributed by atoms with Crippen LogP contribution in [0.2, 0.25) is 18.1 Å². The van der Waals surface area contributed by atoms with Crippen molar-refractivity contribution in [2.75, 3.05) is 30.3 Å². The van der Waals surface area contributed by atoms with Gasteiger partial charge in [0.15, 0.2) is 19.3 Å². The Balaban J connectivity index is 1.45. The number of piperazine rings is 1. The van der Waals surface area contributed by atoms with Crippen molar-refractivity contribution < 1.29 is 13.6 Å². The van der Waals surface area contributed by atoms with E-state index in [-0.39, 0.29) is 17.0 Å². The summed E-state index contributed by atoms with van der Waals surface area (Å²) in [4.78, 5) is 14.8. The molecule has 0 spiro atoms. The highest BCUT2D eigenvalue weighted by Crippen LogP contribution is 2.44. The van der Waals surface area contributed by atoms with Gasteiger partial charge in [-0.15, -0.1) is 0 Å². The van der Waals surface area contributed by atoms with Gasteiger partial charge in [0.2, 0.25) is 0 Å². The first kappa shape index (κ1) is 27.8. The number of anilines is 1. The molecule has 3 aliphatic heterocycles. The molecule has 0 amide bonds. The van der Waals surface area contributed by atoms with Gasteiger partial charge in [-0.05, 0) is 65.1 Å². The molecule has 4 heterocycles. The first-order valence-electron chi connectivity index (χ1n) is 13.5. The lowest BCUT2D eigenvalue weighted by Gasteiger charge is -2.44. The van der Waals surface area contributed by atoms with Crippen molar-refractivity contribution in [2.24, 2.45) is 0 Å².